The van der Waals surface area contributed by atoms with Gasteiger partial charge in [0.1, 0.15) is 5.82 Å². The summed E-state index contributed by atoms with van der Waals surface area (Å²) < 4.78 is 19.6. The third-order valence-electron chi connectivity index (χ3n) is 6.52. The Kier molecular flexibility index (Phi) is 5.79. The van der Waals surface area contributed by atoms with Gasteiger partial charge >= 0.3 is 6.01 Å². The van der Waals surface area contributed by atoms with Crippen LogP contribution >= 0.6 is 11.6 Å². The van der Waals surface area contributed by atoms with Crippen LogP contribution in [-0.4, -0.2) is 21.2 Å². The van der Waals surface area contributed by atoms with Gasteiger partial charge in [0, 0.05) is 28.2 Å². The van der Waals surface area contributed by atoms with Gasteiger partial charge in [-0.3, -0.25) is 4.98 Å². The first kappa shape index (κ1) is 20.9. The van der Waals surface area contributed by atoms with E-state index in [4.69, 9.17) is 16.0 Å². The van der Waals surface area contributed by atoms with E-state index in [1.807, 2.05) is 24.4 Å². The molecule has 1 saturated carbocycles. The van der Waals surface area contributed by atoms with E-state index in [0.717, 1.165) is 42.1 Å². The molecule has 0 spiro atoms. The number of anilines is 1. The van der Waals surface area contributed by atoms with Crippen LogP contribution < -0.4 is 5.32 Å². The van der Waals surface area contributed by atoms with E-state index in [-0.39, 0.29) is 11.9 Å². The van der Waals surface area contributed by atoms with Gasteiger partial charge in [-0.2, -0.15) is 0 Å². The summed E-state index contributed by atoms with van der Waals surface area (Å²) in [6.07, 6.45) is 6.12. The first-order valence-corrected chi connectivity index (χ1v) is 11.3. The van der Waals surface area contributed by atoms with Gasteiger partial charge in [-0.1, -0.05) is 16.7 Å². The molecule has 0 saturated heterocycles. The summed E-state index contributed by atoms with van der Waals surface area (Å²) in [6, 6.07) is 14.9. The maximum Gasteiger partial charge on any atom is 0.315 e. The number of halogens is 2. The lowest BCUT2D eigenvalue weighted by molar-refractivity contribution is 0.299. The molecule has 0 amide bonds. The van der Waals surface area contributed by atoms with Crippen molar-refractivity contribution in [2.75, 3.05) is 5.32 Å². The summed E-state index contributed by atoms with van der Waals surface area (Å²) in [5.41, 5.74) is 2.90. The summed E-state index contributed by atoms with van der Waals surface area (Å²) in [5.74, 6) is 1.18. The lowest BCUT2D eigenvalue weighted by Gasteiger charge is -2.32. The Morgan fingerprint density at radius 3 is 2.59 bits per heavy atom. The first-order chi connectivity index (χ1) is 15.6. The third-order valence-corrected chi connectivity index (χ3v) is 6.78. The highest BCUT2D eigenvalue weighted by Gasteiger charge is 2.28. The van der Waals surface area contributed by atoms with Crippen LogP contribution in [0, 0.1) is 11.7 Å². The fourth-order valence-corrected chi connectivity index (χ4v) is 4.86. The van der Waals surface area contributed by atoms with Gasteiger partial charge < -0.3 is 9.73 Å². The van der Waals surface area contributed by atoms with Gasteiger partial charge in [-0.25, -0.2) is 4.39 Å². The summed E-state index contributed by atoms with van der Waals surface area (Å²) in [7, 11) is 0. The van der Waals surface area contributed by atoms with Gasteiger partial charge in [-0.15, -0.1) is 5.10 Å². The van der Waals surface area contributed by atoms with Crippen molar-refractivity contribution in [3.63, 3.8) is 0 Å². The van der Waals surface area contributed by atoms with Crippen molar-refractivity contribution in [1.82, 2.24) is 15.2 Å². The number of benzene rings is 2. The second-order valence-corrected chi connectivity index (χ2v) is 8.96. The second-order valence-electron chi connectivity index (χ2n) is 8.53. The molecule has 32 heavy (non-hydrogen) atoms. The number of nitrogens with one attached hydrogen (secondary N) is 1. The van der Waals surface area contributed by atoms with E-state index >= 15 is 0 Å². The van der Waals surface area contributed by atoms with E-state index in [2.05, 4.69) is 27.4 Å². The number of aromatic nitrogens is 3. The second kappa shape index (κ2) is 8.87. The maximum atomic E-state index is 13.8. The smallest absolute Gasteiger partial charge is 0.315 e. The highest BCUT2D eigenvalue weighted by molar-refractivity contribution is 6.30. The van der Waals surface area contributed by atoms with Crippen LogP contribution in [0.2, 0.25) is 5.02 Å². The summed E-state index contributed by atoms with van der Waals surface area (Å²) in [5, 5.41) is 13.3. The standard InChI is InChI=1S/C25H24ClFN4O/c1-15(29-25-31-30-24(32-25)18-6-8-19(26)9-7-18)16-2-4-17(5-3-16)21-12-13-28-23-11-10-20(27)14-22(21)23/h6-17H,2-5H2,1H3,(H,29,31)/t15-,16?,17?/m1/s1. The predicted molar refractivity (Wildman–Crippen MR) is 124 cm³/mol. The molecule has 0 aliphatic heterocycles. The zero-order valence-corrected chi connectivity index (χ0v) is 18.5. The zero-order valence-electron chi connectivity index (χ0n) is 17.8. The molecule has 1 atom stereocenters. The van der Waals surface area contributed by atoms with Crippen molar-refractivity contribution in [3.8, 4) is 11.5 Å². The number of hydrogen-bond donors (Lipinski definition) is 1. The highest BCUT2D eigenvalue weighted by Crippen LogP contribution is 2.40. The van der Waals surface area contributed by atoms with Gasteiger partial charge in [-0.05, 0) is 98.5 Å². The Bertz CT molecular complexity index is 1220. The topological polar surface area (TPSA) is 63.8 Å². The van der Waals surface area contributed by atoms with E-state index in [1.165, 1.54) is 11.6 Å². The third kappa shape index (κ3) is 4.32. The van der Waals surface area contributed by atoms with Crippen LogP contribution in [0.25, 0.3) is 22.4 Å². The normalized spacial score (nSPS) is 19.7. The Morgan fingerprint density at radius 1 is 1.03 bits per heavy atom. The van der Waals surface area contributed by atoms with Crippen LogP contribution in [0.1, 0.15) is 44.1 Å². The average molecular weight is 451 g/mol. The molecular weight excluding hydrogens is 427 g/mol. The Labute approximate surface area is 191 Å². The quantitative estimate of drug-likeness (QED) is 0.360. The van der Waals surface area contributed by atoms with Crippen LogP contribution in [-0.2, 0) is 0 Å². The molecule has 5 nitrogen and oxygen atoms in total. The Hall–Kier alpha value is -2.99. The van der Waals surface area contributed by atoms with Crippen LogP contribution in [0.4, 0.5) is 10.4 Å². The van der Waals surface area contributed by atoms with Crippen LogP contribution in [0.15, 0.2) is 59.1 Å². The van der Waals surface area contributed by atoms with Crippen LogP contribution in [0.5, 0.6) is 0 Å². The molecule has 1 fully saturated rings. The van der Waals surface area contributed by atoms with Gasteiger partial charge in [0.15, 0.2) is 0 Å². The monoisotopic (exact) mass is 450 g/mol. The van der Waals surface area contributed by atoms with Gasteiger partial charge in [0.25, 0.3) is 0 Å². The highest BCUT2D eigenvalue weighted by atomic mass is 35.5. The molecule has 2 aromatic carbocycles. The lowest BCUT2D eigenvalue weighted by Crippen LogP contribution is -2.29. The first-order valence-electron chi connectivity index (χ1n) is 11.0. The summed E-state index contributed by atoms with van der Waals surface area (Å²) >= 11 is 5.95. The number of fused-ring (bicyclic) bond motifs is 1. The molecule has 2 aromatic heterocycles. The van der Waals surface area contributed by atoms with Crippen molar-refractivity contribution < 1.29 is 8.81 Å². The molecule has 0 radical (unpaired) electrons. The van der Waals surface area contributed by atoms with E-state index in [9.17, 15) is 4.39 Å². The fourth-order valence-electron chi connectivity index (χ4n) is 4.73. The minimum atomic E-state index is -0.212. The number of nitrogens with zero attached hydrogens (tertiary/aromatic N) is 3. The Balaban J connectivity index is 1.22. The number of pyridine rings is 1. The predicted octanol–water partition coefficient (Wildman–Crippen LogP) is 6.85. The number of hydrogen-bond acceptors (Lipinski definition) is 5. The van der Waals surface area contributed by atoms with Crippen molar-refractivity contribution in [2.24, 2.45) is 5.92 Å². The largest absolute Gasteiger partial charge is 0.403 e. The zero-order chi connectivity index (χ0) is 22.1. The maximum absolute atomic E-state index is 13.8. The SMILES string of the molecule is C[C@@H](Nc1nnc(-c2ccc(Cl)cc2)o1)C1CCC(c2ccnc3ccc(F)cc23)CC1. The van der Waals surface area contributed by atoms with E-state index in [1.54, 1.807) is 24.3 Å². The molecule has 4 aromatic rings. The molecule has 2 heterocycles. The summed E-state index contributed by atoms with van der Waals surface area (Å²) in [6.45, 7) is 2.16. The van der Waals surface area contributed by atoms with E-state index < -0.39 is 0 Å². The van der Waals surface area contributed by atoms with Crippen molar-refractivity contribution >= 4 is 28.5 Å². The molecule has 1 N–H and O–H groups in total. The molecule has 1 aliphatic carbocycles. The van der Waals surface area contributed by atoms with Crippen LogP contribution in [0.3, 0.4) is 0 Å². The Morgan fingerprint density at radius 2 is 1.81 bits per heavy atom. The fraction of sp³-hybridized carbons (Fsp3) is 0.320. The minimum absolute atomic E-state index is 0.209. The molecule has 0 bridgehead atoms. The van der Waals surface area contributed by atoms with Crippen molar-refractivity contribution in [1.29, 1.82) is 0 Å². The average Bonchev–Trinajstić information content (AvgIpc) is 3.27. The molecular formula is C25H24ClFN4O. The minimum Gasteiger partial charge on any atom is -0.403 e. The van der Waals surface area contributed by atoms with E-state index in [0.29, 0.717) is 28.8 Å². The molecule has 0 unspecified atom stereocenters. The summed E-state index contributed by atoms with van der Waals surface area (Å²) in [4.78, 5) is 4.39. The molecule has 5 rings (SSSR count). The lowest BCUT2D eigenvalue weighted by atomic mass is 9.75. The van der Waals surface area contributed by atoms with Gasteiger partial charge in [0.05, 0.1) is 5.52 Å². The van der Waals surface area contributed by atoms with Crippen molar-refractivity contribution in [2.45, 2.75) is 44.6 Å². The van der Waals surface area contributed by atoms with Crippen molar-refractivity contribution in [3.05, 3.63) is 71.1 Å². The molecule has 1 aliphatic rings. The number of rotatable bonds is 5. The van der Waals surface area contributed by atoms with Gasteiger partial charge in [0.2, 0.25) is 5.89 Å². The molecule has 164 valence electrons. The molecule has 7 heteroatoms.